The highest BCUT2D eigenvalue weighted by molar-refractivity contribution is 7.82. The maximum absolute atomic E-state index is 11.1. The Labute approximate surface area is 199 Å². The average molecular weight is 473 g/mol. The van der Waals surface area contributed by atoms with Crippen molar-refractivity contribution in [3.8, 4) is 0 Å². The van der Waals surface area contributed by atoms with Crippen LogP contribution in [-0.4, -0.2) is 48.9 Å². The van der Waals surface area contributed by atoms with E-state index in [9.17, 15) is 9.00 Å². The molecule has 1 saturated heterocycles. The van der Waals surface area contributed by atoms with E-state index in [1.807, 2.05) is 18.2 Å². The number of hydrogen-bond acceptors (Lipinski definition) is 5. The van der Waals surface area contributed by atoms with Crippen molar-refractivity contribution >= 4 is 23.1 Å². The number of carbonyl (C=O) groups is 1. The molecule has 5 N–H and O–H groups in total. The molecule has 0 spiro atoms. The number of nitrogens with one attached hydrogen (secondary N) is 1. The third kappa shape index (κ3) is 6.71. The number of benzene rings is 2. The summed E-state index contributed by atoms with van der Waals surface area (Å²) in [5, 5.41) is 8.28. The molecule has 0 bridgehead atoms. The lowest BCUT2D eigenvalue weighted by molar-refractivity contribution is -0.105. The minimum Gasteiger partial charge on any atom is -0.379 e. The summed E-state index contributed by atoms with van der Waals surface area (Å²) in [5.74, 6) is 0. The molecule has 1 amide bonds. The maximum Gasteiger partial charge on any atom is 0.211 e. The Balaban J connectivity index is 0.000000173. The highest BCUT2D eigenvalue weighted by Crippen LogP contribution is 2.38. The Morgan fingerprint density at radius 3 is 2.24 bits per heavy atom. The van der Waals surface area contributed by atoms with Crippen LogP contribution in [0.15, 0.2) is 35.2 Å². The number of rotatable bonds is 5. The molecule has 1 atom stereocenters. The molecule has 0 aromatic heterocycles. The van der Waals surface area contributed by atoms with Crippen LogP contribution in [0.25, 0.3) is 0 Å². The van der Waals surface area contributed by atoms with Crippen molar-refractivity contribution in [3.63, 3.8) is 0 Å². The van der Waals surface area contributed by atoms with Crippen LogP contribution in [0.3, 0.4) is 0 Å². The van der Waals surface area contributed by atoms with Crippen molar-refractivity contribution < 1.29 is 13.7 Å². The van der Waals surface area contributed by atoms with E-state index in [1.165, 1.54) is 55.0 Å². The van der Waals surface area contributed by atoms with Gasteiger partial charge in [0.15, 0.2) is 0 Å². The van der Waals surface area contributed by atoms with Gasteiger partial charge in [-0.15, -0.1) is 0 Å². The van der Waals surface area contributed by atoms with E-state index >= 15 is 0 Å². The number of carbonyl (C=O) groups excluding carboxylic acids is 1. The van der Waals surface area contributed by atoms with E-state index in [2.05, 4.69) is 22.0 Å². The smallest absolute Gasteiger partial charge is 0.211 e. The van der Waals surface area contributed by atoms with Gasteiger partial charge in [0.05, 0.1) is 18.1 Å². The van der Waals surface area contributed by atoms with Crippen LogP contribution >= 0.6 is 0 Å². The number of morpholine rings is 1. The fourth-order valence-electron chi connectivity index (χ4n) is 4.84. The van der Waals surface area contributed by atoms with E-state index in [0.717, 1.165) is 63.4 Å². The van der Waals surface area contributed by atoms with Gasteiger partial charge in [-0.25, -0.2) is 9.35 Å². The van der Waals surface area contributed by atoms with E-state index in [-0.39, 0.29) is 0 Å². The van der Waals surface area contributed by atoms with Gasteiger partial charge in [-0.1, -0.05) is 18.2 Å². The number of nitrogens with zero attached hydrogens (tertiary/aromatic N) is 1. The molecular weight excluding hydrogens is 436 g/mol. The topological polar surface area (TPSA) is 111 Å². The first-order valence-electron chi connectivity index (χ1n) is 11.7. The number of nitrogens with two attached hydrogens (primary N) is 2. The minimum atomic E-state index is -1.39. The molecule has 2 aromatic carbocycles. The molecule has 2 aromatic rings. The summed E-state index contributed by atoms with van der Waals surface area (Å²) < 4.78 is 16.4. The van der Waals surface area contributed by atoms with Gasteiger partial charge in [0.25, 0.3) is 0 Å². The first-order valence-corrected chi connectivity index (χ1v) is 12.9. The summed E-state index contributed by atoms with van der Waals surface area (Å²) in [7, 11) is 0.111. The van der Waals surface area contributed by atoms with Gasteiger partial charge in [0.1, 0.15) is 11.0 Å². The van der Waals surface area contributed by atoms with Crippen molar-refractivity contribution in [3.05, 3.63) is 58.1 Å². The van der Waals surface area contributed by atoms with Gasteiger partial charge >= 0.3 is 0 Å². The summed E-state index contributed by atoms with van der Waals surface area (Å²) in [6.07, 6.45) is 7.97. The Hall–Kier alpha value is -2.10. The molecule has 5 rings (SSSR count). The summed E-state index contributed by atoms with van der Waals surface area (Å²) in [5.41, 5.74) is 12.6. The summed E-state index contributed by atoms with van der Waals surface area (Å²) in [6.45, 7) is 4.37. The normalized spacial score (nSPS) is 17.5. The van der Waals surface area contributed by atoms with Crippen LogP contribution in [0.2, 0.25) is 0 Å². The molecular formula is C25H36N4O3S. The summed E-state index contributed by atoms with van der Waals surface area (Å²) >= 11 is 0. The fourth-order valence-corrected chi connectivity index (χ4v) is 5.32. The molecule has 1 fully saturated rings. The number of anilines is 1. The molecule has 0 radical (unpaired) electrons. The van der Waals surface area contributed by atoms with E-state index < -0.39 is 11.0 Å². The molecule has 2 aliphatic carbocycles. The number of aryl methyl sites for hydroxylation is 2. The molecule has 1 heterocycles. The van der Waals surface area contributed by atoms with Crippen LogP contribution in [0.4, 0.5) is 5.69 Å². The zero-order chi connectivity index (χ0) is 23.6. The standard InChI is InChI=1S/C13H15NO.C11H16N2O2S.CH5N/c15-8-14-13-11-5-1-3-9(11)7-10-4-2-6-12(10)13;12-16(14)11-3-1-2-10(8-11)9-13-4-6-15-7-5-13;1-2/h7-8H,1-6H2,(H,14,15);1-3,8H,4-7,9,12H2;2H2,1H3. The second-order valence-corrected chi connectivity index (χ2v) is 9.40. The van der Waals surface area contributed by atoms with Crippen LogP contribution in [-0.2, 0) is 52.7 Å². The molecule has 7 nitrogen and oxygen atoms in total. The zero-order valence-electron chi connectivity index (χ0n) is 19.5. The SMILES string of the molecule is CN.NS(=O)c1cccc(CN2CCOCC2)c1.O=CNc1c2c(cc3c1CCC3)CCC2. The molecule has 8 heteroatoms. The van der Waals surface area contributed by atoms with Crippen LogP contribution in [0.5, 0.6) is 0 Å². The molecule has 1 unspecified atom stereocenters. The second-order valence-electron chi connectivity index (χ2n) is 8.33. The second kappa shape index (κ2) is 13.0. The number of fused-ring (bicyclic) bond motifs is 2. The Morgan fingerprint density at radius 2 is 1.67 bits per heavy atom. The highest BCUT2D eigenvalue weighted by Gasteiger charge is 2.23. The van der Waals surface area contributed by atoms with Crippen molar-refractivity contribution in [1.82, 2.24) is 4.90 Å². The van der Waals surface area contributed by atoms with Crippen molar-refractivity contribution in [1.29, 1.82) is 0 Å². The van der Waals surface area contributed by atoms with Gasteiger partial charge < -0.3 is 15.8 Å². The largest absolute Gasteiger partial charge is 0.379 e. The third-order valence-electron chi connectivity index (χ3n) is 6.32. The zero-order valence-corrected chi connectivity index (χ0v) is 20.3. The minimum absolute atomic E-state index is 0.686. The maximum atomic E-state index is 11.1. The van der Waals surface area contributed by atoms with Gasteiger partial charge in [-0.05, 0) is 85.5 Å². The molecule has 0 saturated carbocycles. The van der Waals surface area contributed by atoms with E-state index in [0.29, 0.717) is 4.90 Å². The van der Waals surface area contributed by atoms with Crippen molar-refractivity contribution in [2.45, 2.75) is 50.0 Å². The van der Waals surface area contributed by atoms with Crippen LogP contribution < -0.4 is 16.2 Å². The first-order chi connectivity index (χ1) is 16.2. The summed E-state index contributed by atoms with van der Waals surface area (Å²) in [4.78, 5) is 13.7. The molecule has 33 heavy (non-hydrogen) atoms. The van der Waals surface area contributed by atoms with Gasteiger partial charge in [0, 0.05) is 25.3 Å². The lowest BCUT2D eigenvalue weighted by atomic mass is 9.99. The lowest BCUT2D eigenvalue weighted by Crippen LogP contribution is -2.35. The predicted octanol–water partition coefficient (Wildman–Crippen LogP) is 2.31. The first kappa shape index (κ1) is 25.5. The quantitative estimate of drug-likeness (QED) is 0.579. The number of amides is 1. The van der Waals surface area contributed by atoms with Crippen molar-refractivity contribution in [2.75, 3.05) is 38.7 Å². The van der Waals surface area contributed by atoms with E-state index in [1.54, 1.807) is 6.07 Å². The van der Waals surface area contributed by atoms with Crippen molar-refractivity contribution in [2.24, 2.45) is 10.9 Å². The highest BCUT2D eigenvalue weighted by atomic mass is 32.2. The number of ether oxygens (including phenoxy) is 1. The van der Waals surface area contributed by atoms with E-state index in [4.69, 9.17) is 9.88 Å². The predicted molar refractivity (Wildman–Crippen MR) is 133 cm³/mol. The van der Waals surface area contributed by atoms with Gasteiger partial charge in [0.2, 0.25) is 6.41 Å². The molecule has 3 aliphatic rings. The lowest BCUT2D eigenvalue weighted by Gasteiger charge is -2.26. The summed E-state index contributed by atoms with van der Waals surface area (Å²) in [6, 6.07) is 10.0. The van der Waals surface area contributed by atoms with Gasteiger partial charge in [-0.2, -0.15) is 0 Å². The molecule has 1 aliphatic heterocycles. The average Bonchev–Trinajstić information content (AvgIpc) is 3.51. The van der Waals surface area contributed by atoms with Crippen LogP contribution in [0, 0.1) is 0 Å². The molecule has 180 valence electrons. The van der Waals surface area contributed by atoms with Crippen LogP contribution in [0.1, 0.15) is 40.7 Å². The number of hydrogen-bond donors (Lipinski definition) is 3. The Morgan fingerprint density at radius 1 is 1.03 bits per heavy atom. The third-order valence-corrected chi connectivity index (χ3v) is 7.04. The van der Waals surface area contributed by atoms with Gasteiger partial charge in [-0.3, -0.25) is 9.69 Å². The Bertz CT molecular complexity index is 929. The Kier molecular flexibility index (Phi) is 10.0. The monoisotopic (exact) mass is 472 g/mol. The fraction of sp³-hybridized carbons (Fsp3) is 0.480.